The van der Waals surface area contributed by atoms with Gasteiger partial charge in [-0.05, 0) is 0 Å². The molecule has 0 heterocycles. The molecule has 0 aliphatic rings. The number of hydrogen-bond acceptors (Lipinski definition) is 4. The summed E-state index contributed by atoms with van der Waals surface area (Å²) in [5, 5.41) is 8.64. The van der Waals surface area contributed by atoms with Crippen LogP contribution < -0.4 is 0 Å². The summed E-state index contributed by atoms with van der Waals surface area (Å²) in [4.78, 5) is 22.5. The number of esters is 1. The summed E-state index contributed by atoms with van der Waals surface area (Å²) in [5.74, 6) is -1.74. The zero-order valence-corrected chi connectivity index (χ0v) is 8.96. The van der Waals surface area contributed by atoms with E-state index in [0.717, 1.165) is 0 Å². The number of ketones is 1. The van der Waals surface area contributed by atoms with Crippen molar-refractivity contribution in [3.8, 4) is 6.07 Å². The van der Waals surface area contributed by atoms with E-state index in [-0.39, 0.29) is 12.2 Å². The number of carbonyl (C=O) groups is 2. The van der Waals surface area contributed by atoms with Gasteiger partial charge in [0, 0.05) is 11.8 Å². The monoisotopic (exact) mass is 197 g/mol. The predicted octanol–water partition coefficient (Wildman–Crippen LogP) is 1.30. The maximum absolute atomic E-state index is 11.5. The smallest absolute Gasteiger partial charge is 0.323 e. The van der Waals surface area contributed by atoms with Crippen LogP contribution in [-0.4, -0.2) is 18.9 Å². The SMILES string of the molecule is COC(=O)C(C#N)CC(=O)C(C)(C)C. The molecule has 0 rings (SSSR count). The van der Waals surface area contributed by atoms with E-state index in [9.17, 15) is 9.59 Å². The van der Waals surface area contributed by atoms with Crippen LogP contribution in [0.3, 0.4) is 0 Å². The van der Waals surface area contributed by atoms with Crippen LogP contribution in [0.1, 0.15) is 27.2 Å². The average molecular weight is 197 g/mol. The zero-order chi connectivity index (χ0) is 11.4. The molecule has 1 atom stereocenters. The third-order valence-corrected chi connectivity index (χ3v) is 1.87. The van der Waals surface area contributed by atoms with Crippen LogP contribution in [0.25, 0.3) is 0 Å². The van der Waals surface area contributed by atoms with Crippen LogP contribution in [0.5, 0.6) is 0 Å². The van der Waals surface area contributed by atoms with Crippen molar-refractivity contribution < 1.29 is 14.3 Å². The number of methoxy groups -OCH3 is 1. The number of nitriles is 1. The highest BCUT2D eigenvalue weighted by atomic mass is 16.5. The second kappa shape index (κ2) is 4.75. The van der Waals surface area contributed by atoms with Crippen LogP contribution in [0, 0.1) is 22.7 Å². The number of nitrogens with zero attached hydrogens (tertiary/aromatic N) is 1. The Hall–Kier alpha value is -1.37. The van der Waals surface area contributed by atoms with E-state index in [2.05, 4.69) is 4.74 Å². The van der Waals surface area contributed by atoms with Gasteiger partial charge in [-0.25, -0.2) is 0 Å². The maximum atomic E-state index is 11.5. The average Bonchev–Trinajstić information content (AvgIpc) is 2.10. The molecule has 1 unspecified atom stereocenters. The number of Topliss-reactive ketones (excluding diaryl/α,β-unsaturated/α-hetero) is 1. The minimum atomic E-state index is -0.980. The Balaban J connectivity index is 4.44. The number of rotatable bonds is 3. The Morgan fingerprint density at radius 3 is 2.21 bits per heavy atom. The lowest BCUT2D eigenvalue weighted by molar-refractivity contribution is -0.145. The molecule has 0 spiro atoms. The lowest BCUT2D eigenvalue weighted by Crippen LogP contribution is -2.26. The molecule has 0 aromatic rings. The number of carbonyl (C=O) groups excluding carboxylic acids is 2. The molecule has 0 saturated heterocycles. The van der Waals surface area contributed by atoms with E-state index in [0.29, 0.717) is 0 Å². The van der Waals surface area contributed by atoms with Crippen LogP contribution >= 0.6 is 0 Å². The highest BCUT2D eigenvalue weighted by Crippen LogP contribution is 2.20. The largest absolute Gasteiger partial charge is 0.468 e. The molecule has 14 heavy (non-hydrogen) atoms. The van der Waals surface area contributed by atoms with Crippen LogP contribution in [-0.2, 0) is 14.3 Å². The summed E-state index contributed by atoms with van der Waals surface area (Å²) in [6.45, 7) is 5.25. The van der Waals surface area contributed by atoms with Gasteiger partial charge in [0.05, 0.1) is 13.2 Å². The molecule has 0 N–H and O–H groups in total. The highest BCUT2D eigenvalue weighted by Gasteiger charge is 2.28. The fourth-order valence-corrected chi connectivity index (χ4v) is 0.816. The van der Waals surface area contributed by atoms with Gasteiger partial charge in [0.1, 0.15) is 5.78 Å². The lowest BCUT2D eigenvalue weighted by Gasteiger charge is -2.17. The van der Waals surface area contributed by atoms with Crippen molar-refractivity contribution in [2.45, 2.75) is 27.2 Å². The minimum Gasteiger partial charge on any atom is -0.468 e. The standard InChI is InChI=1S/C10H15NO3/c1-10(2,3)8(12)5-7(6-11)9(13)14-4/h7H,5H2,1-4H3. The Labute approximate surface area is 83.9 Å². The van der Waals surface area contributed by atoms with Crippen molar-refractivity contribution in [3.05, 3.63) is 0 Å². The topological polar surface area (TPSA) is 67.2 Å². The quantitative estimate of drug-likeness (QED) is 0.639. The first-order valence-corrected chi connectivity index (χ1v) is 4.33. The predicted molar refractivity (Wildman–Crippen MR) is 50.2 cm³/mol. The van der Waals surface area contributed by atoms with Crippen molar-refractivity contribution in [3.63, 3.8) is 0 Å². The van der Waals surface area contributed by atoms with E-state index >= 15 is 0 Å². The van der Waals surface area contributed by atoms with Gasteiger partial charge in [0.15, 0.2) is 5.92 Å². The van der Waals surface area contributed by atoms with Crippen LogP contribution in [0.4, 0.5) is 0 Å². The highest BCUT2D eigenvalue weighted by molar-refractivity contribution is 5.89. The maximum Gasteiger partial charge on any atom is 0.323 e. The van der Waals surface area contributed by atoms with Crippen molar-refractivity contribution in [2.75, 3.05) is 7.11 Å². The van der Waals surface area contributed by atoms with Crippen molar-refractivity contribution in [2.24, 2.45) is 11.3 Å². The lowest BCUT2D eigenvalue weighted by atomic mass is 9.85. The summed E-state index contributed by atoms with van der Waals surface area (Å²) in [5.41, 5.74) is -0.525. The normalized spacial score (nSPS) is 12.8. The van der Waals surface area contributed by atoms with E-state index in [1.54, 1.807) is 26.8 Å². The first-order valence-electron chi connectivity index (χ1n) is 4.33. The fourth-order valence-electron chi connectivity index (χ4n) is 0.816. The Morgan fingerprint density at radius 2 is 1.93 bits per heavy atom. The van der Waals surface area contributed by atoms with Gasteiger partial charge in [0.2, 0.25) is 0 Å². The van der Waals surface area contributed by atoms with Gasteiger partial charge in [-0.15, -0.1) is 0 Å². The molecule has 0 aliphatic carbocycles. The van der Waals surface area contributed by atoms with Crippen molar-refractivity contribution in [1.82, 2.24) is 0 Å². The molecule has 0 aliphatic heterocycles. The van der Waals surface area contributed by atoms with Gasteiger partial charge in [-0.1, -0.05) is 20.8 Å². The number of hydrogen-bond donors (Lipinski definition) is 0. The fraction of sp³-hybridized carbons (Fsp3) is 0.700. The molecule has 4 nitrogen and oxygen atoms in total. The molecule has 0 amide bonds. The van der Waals surface area contributed by atoms with Gasteiger partial charge < -0.3 is 4.74 Å². The van der Waals surface area contributed by atoms with E-state index in [1.807, 2.05) is 0 Å². The van der Waals surface area contributed by atoms with Gasteiger partial charge >= 0.3 is 5.97 Å². The summed E-state index contributed by atoms with van der Waals surface area (Å²) >= 11 is 0. The molecule has 0 radical (unpaired) electrons. The molecule has 78 valence electrons. The van der Waals surface area contributed by atoms with E-state index < -0.39 is 17.3 Å². The van der Waals surface area contributed by atoms with Crippen molar-refractivity contribution in [1.29, 1.82) is 5.26 Å². The second-order valence-corrected chi connectivity index (χ2v) is 4.08. The summed E-state index contributed by atoms with van der Waals surface area (Å²) in [7, 11) is 1.20. The molecule has 0 aromatic carbocycles. The van der Waals surface area contributed by atoms with E-state index in [4.69, 9.17) is 5.26 Å². The Morgan fingerprint density at radius 1 is 1.43 bits per heavy atom. The van der Waals surface area contributed by atoms with Gasteiger partial charge in [0.25, 0.3) is 0 Å². The van der Waals surface area contributed by atoms with E-state index in [1.165, 1.54) is 7.11 Å². The second-order valence-electron chi connectivity index (χ2n) is 4.08. The molecule has 0 aromatic heterocycles. The molecule has 4 heteroatoms. The third kappa shape index (κ3) is 3.56. The van der Waals surface area contributed by atoms with Crippen molar-refractivity contribution >= 4 is 11.8 Å². The molecule has 0 saturated carbocycles. The first kappa shape index (κ1) is 12.6. The minimum absolute atomic E-state index is 0.0767. The molecular formula is C10H15NO3. The van der Waals surface area contributed by atoms with Crippen LogP contribution in [0.15, 0.2) is 0 Å². The Kier molecular flexibility index (Phi) is 4.29. The first-order chi connectivity index (χ1) is 6.32. The summed E-state index contributed by atoms with van der Waals surface area (Å²) < 4.78 is 4.40. The number of ether oxygens (including phenoxy) is 1. The summed E-state index contributed by atoms with van der Waals surface area (Å²) in [6.07, 6.45) is -0.0767. The van der Waals surface area contributed by atoms with Gasteiger partial charge in [-0.3, -0.25) is 9.59 Å². The van der Waals surface area contributed by atoms with Crippen LogP contribution in [0.2, 0.25) is 0 Å². The molecule has 0 bridgehead atoms. The third-order valence-electron chi connectivity index (χ3n) is 1.87. The van der Waals surface area contributed by atoms with Gasteiger partial charge in [-0.2, -0.15) is 5.26 Å². The molecule has 0 fully saturated rings. The Bertz CT molecular complexity index is 270. The zero-order valence-electron chi connectivity index (χ0n) is 8.96. The molecular weight excluding hydrogens is 182 g/mol. The summed E-state index contributed by atoms with van der Waals surface area (Å²) in [6, 6.07) is 1.76.